The number of rotatable bonds is 8. The maximum Gasteiger partial charge on any atom is 0.290 e. The number of carbonyl (C=O) groups is 1. The van der Waals surface area contributed by atoms with Crippen molar-refractivity contribution < 1.29 is 18.8 Å². The standard InChI is InChI=1S/C18H24N2O4/c1-12(2)7-8-23-15-6-5-14(10-16(15)22-4)11-19-18(21)17-9-13(3)20-24-17/h5-6,9-10,12H,7-8,11H2,1-4H3,(H,19,21). The van der Waals surface area contributed by atoms with Crippen molar-refractivity contribution in [1.29, 1.82) is 0 Å². The number of carbonyl (C=O) groups excluding carboxylic acids is 1. The molecule has 0 fully saturated rings. The molecule has 0 bridgehead atoms. The minimum absolute atomic E-state index is 0.202. The van der Waals surface area contributed by atoms with Crippen LogP contribution < -0.4 is 14.8 Å². The van der Waals surface area contributed by atoms with Crippen molar-refractivity contribution in [3.05, 3.63) is 41.3 Å². The molecule has 6 nitrogen and oxygen atoms in total. The molecule has 1 aromatic heterocycles. The molecule has 1 aromatic carbocycles. The lowest BCUT2D eigenvalue weighted by atomic mass is 10.1. The van der Waals surface area contributed by atoms with Crippen LogP contribution in [-0.2, 0) is 6.54 Å². The third kappa shape index (κ3) is 5.01. The van der Waals surface area contributed by atoms with E-state index in [9.17, 15) is 4.79 Å². The number of hydrogen-bond acceptors (Lipinski definition) is 5. The number of aryl methyl sites for hydroxylation is 1. The van der Waals surface area contributed by atoms with Gasteiger partial charge in [-0.15, -0.1) is 0 Å². The van der Waals surface area contributed by atoms with Crippen LogP contribution in [0.15, 0.2) is 28.8 Å². The van der Waals surface area contributed by atoms with Gasteiger partial charge in [0, 0.05) is 12.6 Å². The first kappa shape index (κ1) is 17.8. The number of hydrogen-bond donors (Lipinski definition) is 1. The van der Waals surface area contributed by atoms with Crippen molar-refractivity contribution in [2.24, 2.45) is 5.92 Å². The molecule has 1 N–H and O–H groups in total. The van der Waals surface area contributed by atoms with E-state index in [0.29, 0.717) is 36.3 Å². The van der Waals surface area contributed by atoms with Crippen molar-refractivity contribution in [1.82, 2.24) is 10.5 Å². The lowest BCUT2D eigenvalue weighted by molar-refractivity contribution is 0.0914. The average Bonchev–Trinajstić information content (AvgIpc) is 2.99. The Morgan fingerprint density at radius 2 is 2.08 bits per heavy atom. The molecule has 0 aliphatic rings. The number of aromatic nitrogens is 1. The van der Waals surface area contributed by atoms with E-state index in [4.69, 9.17) is 14.0 Å². The fourth-order valence-electron chi connectivity index (χ4n) is 2.09. The summed E-state index contributed by atoms with van der Waals surface area (Å²) in [5.74, 6) is 1.85. The molecule has 0 saturated heterocycles. The minimum Gasteiger partial charge on any atom is -0.493 e. The van der Waals surface area contributed by atoms with Crippen molar-refractivity contribution in [2.45, 2.75) is 33.7 Å². The van der Waals surface area contributed by atoms with Gasteiger partial charge in [-0.25, -0.2) is 0 Å². The van der Waals surface area contributed by atoms with Crippen LogP contribution in [0.4, 0.5) is 0 Å². The molecule has 2 rings (SSSR count). The van der Waals surface area contributed by atoms with Gasteiger partial charge in [0.1, 0.15) is 0 Å². The highest BCUT2D eigenvalue weighted by molar-refractivity contribution is 5.91. The van der Waals surface area contributed by atoms with Crippen molar-refractivity contribution >= 4 is 5.91 Å². The molecule has 0 atom stereocenters. The molecule has 1 heterocycles. The summed E-state index contributed by atoms with van der Waals surface area (Å²) < 4.78 is 16.1. The minimum atomic E-state index is -0.299. The van der Waals surface area contributed by atoms with Crippen LogP contribution in [-0.4, -0.2) is 24.8 Å². The monoisotopic (exact) mass is 332 g/mol. The van der Waals surface area contributed by atoms with E-state index in [-0.39, 0.29) is 11.7 Å². The zero-order valence-corrected chi connectivity index (χ0v) is 14.6. The summed E-state index contributed by atoms with van der Waals surface area (Å²) >= 11 is 0. The highest BCUT2D eigenvalue weighted by atomic mass is 16.5. The Labute approximate surface area is 142 Å². The maximum atomic E-state index is 12.0. The summed E-state index contributed by atoms with van der Waals surface area (Å²) in [5.41, 5.74) is 1.58. The van der Waals surface area contributed by atoms with Gasteiger partial charge < -0.3 is 19.3 Å². The second-order valence-corrected chi connectivity index (χ2v) is 6.03. The Kier molecular flexibility index (Phi) is 6.23. The molecule has 6 heteroatoms. The van der Waals surface area contributed by atoms with E-state index < -0.39 is 0 Å². The van der Waals surface area contributed by atoms with Gasteiger partial charge in [-0.3, -0.25) is 4.79 Å². The molecule has 0 saturated carbocycles. The summed E-state index contributed by atoms with van der Waals surface area (Å²) in [6.07, 6.45) is 0.984. The number of methoxy groups -OCH3 is 1. The van der Waals surface area contributed by atoms with Gasteiger partial charge in [0.25, 0.3) is 5.91 Å². The van der Waals surface area contributed by atoms with E-state index in [1.807, 2.05) is 18.2 Å². The Hall–Kier alpha value is -2.50. The van der Waals surface area contributed by atoms with Crippen LogP contribution in [0.25, 0.3) is 0 Å². The zero-order chi connectivity index (χ0) is 17.5. The van der Waals surface area contributed by atoms with Gasteiger partial charge >= 0.3 is 0 Å². The van der Waals surface area contributed by atoms with E-state index >= 15 is 0 Å². The fraction of sp³-hybridized carbons (Fsp3) is 0.444. The largest absolute Gasteiger partial charge is 0.493 e. The highest BCUT2D eigenvalue weighted by Crippen LogP contribution is 2.28. The predicted molar refractivity (Wildman–Crippen MR) is 90.4 cm³/mol. The molecule has 24 heavy (non-hydrogen) atoms. The fourth-order valence-corrected chi connectivity index (χ4v) is 2.09. The van der Waals surface area contributed by atoms with E-state index in [1.165, 1.54) is 0 Å². The Bertz CT molecular complexity index is 679. The normalized spacial score (nSPS) is 10.7. The second kappa shape index (κ2) is 8.38. The third-order valence-electron chi connectivity index (χ3n) is 3.49. The number of benzene rings is 1. The first-order valence-electron chi connectivity index (χ1n) is 8.01. The molecule has 2 aromatic rings. The summed E-state index contributed by atoms with van der Waals surface area (Å²) in [4.78, 5) is 12.0. The van der Waals surface area contributed by atoms with E-state index in [1.54, 1.807) is 20.1 Å². The van der Waals surface area contributed by atoms with Gasteiger partial charge in [0.05, 0.1) is 19.4 Å². The number of nitrogens with zero attached hydrogens (tertiary/aromatic N) is 1. The van der Waals surface area contributed by atoms with Crippen molar-refractivity contribution in [2.75, 3.05) is 13.7 Å². The molecular formula is C18H24N2O4. The lowest BCUT2D eigenvalue weighted by Crippen LogP contribution is -2.22. The Morgan fingerprint density at radius 1 is 1.29 bits per heavy atom. The SMILES string of the molecule is COc1cc(CNC(=O)c2cc(C)no2)ccc1OCCC(C)C. The topological polar surface area (TPSA) is 73.6 Å². The Balaban J connectivity index is 1.94. The maximum absolute atomic E-state index is 12.0. The molecule has 0 aliphatic carbocycles. The Morgan fingerprint density at radius 3 is 2.71 bits per heavy atom. The van der Waals surface area contributed by atoms with E-state index in [2.05, 4.69) is 24.3 Å². The zero-order valence-electron chi connectivity index (χ0n) is 14.6. The van der Waals surface area contributed by atoms with Crippen LogP contribution in [0.1, 0.15) is 42.1 Å². The predicted octanol–water partition coefficient (Wildman–Crippen LogP) is 3.35. The molecule has 130 valence electrons. The molecule has 0 aliphatic heterocycles. The molecular weight excluding hydrogens is 308 g/mol. The highest BCUT2D eigenvalue weighted by Gasteiger charge is 2.12. The van der Waals surface area contributed by atoms with Crippen molar-refractivity contribution in [3.8, 4) is 11.5 Å². The molecule has 1 amide bonds. The summed E-state index contributed by atoms with van der Waals surface area (Å²) in [6, 6.07) is 7.22. The van der Waals surface area contributed by atoms with Crippen LogP contribution in [0, 0.1) is 12.8 Å². The summed E-state index contributed by atoms with van der Waals surface area (Å²) in [7, 11) is 1.60. The average molecular weight is 332 g/mol. The number of amides is 1. The van der Waals surface area contributed by atoms with E-state index in [0.717, 1.165) is 12.0 Å². The van der Waals surface area contributed by atoms with Crippen molar-refractivity contribution in [3.63, 3.8) is 0 Å². The summed E-state index contributed by atoms with van der Waals surface area (Å²) in [6.45, 7) is 7.09. The smallest absolute Gasteiger partial charge is 0.290 e. The van der Waals surface area contributed by atoms with Gasteiger partial charge in [-0.05, 0) is 37.0 Å². The van der Waals surface area contributed by atoms with Gasteiger partial charge in [0.15, 0.2) is 11.5 Å². The van der Waals surface area contributed by atoms with Crippen LogP contribution in [0.2, 0.25) is 0 Å². The van der Waals surface area contributed by atoms with Gasteiger partial charge in [-0.1, -0.05) is 25.1 Å². The first-order chi connectivity index (χ1) is 11.5. The van der Waals surface area contributed by atoms with Gasteiger partial charge in [-0.2, -0.15) is 0 Å². The van der Waals surface area contributed by atoms with Crippen LogP contribution >= 0.6 is 0 Å². The van der Waals surface area contributed by atoms with Crippen LogP contribution in [0.3, 0.4) is 0 Å². The number of nitrogens with one attached hydrogen (secondary N) is 1. The first-order valence-corrected chi connectivity index (χ1v) is 8.01. The van der Waals surface area contributed by atoms with Crippen LogP contribution in [0.5, 0.6) is 11.5 Å². The molecule has 0 spiro atoms. The molecule has 0 unspecified atom stereocenters. The summed E-state index contributed by atoms with van der Waals surface area (Å²) in [5, 5.41) is 6.49. The lowest BCUT2D eigenvalue weighted by Gasteiger charge is -2.13. The quantitative estimate of drug-likeness (QED) is 0.802. The van der Waals surface area contributed by atoms with Gasteiger partial charge in [0.2, 0.25) is 5.76 Å². The molecule has 0 radical (unpaired) electrons. The third-order valence-corrected chi connectivity index (χ3v) is 3.49. The number of ether oxygens (including phenoxy) is 2. The second-order valence-electron chi connectivity index (χ2n) is 6.03.